The molecule has 2 N–H and O–H groups in total. The first-order valence-electron chi connectivity index (χ1n) is 7.14. The van der Waals surface area contributed by atoms with Gasteiger partial charge in [-0.2, -0.15) is 5.26 Å². The molecule has 1 saturated carbocycles. The third-order valence-corrected chi connectivity index (χ3v) is 3.75. The molecule has 0 aliphatic heterocycles. The Hall–Kier alpha value is -2.29. The summed E-state index contributed by atoms with van der Waals surface area (Å²) < 4.78 is 5.10. The number of ether oxygens (including phenoxy) is 1. The van der Waals surface area contributed by atoms with E-state index < -0.39 is 23.5 Å². The lowest BCUT2D eigenvalue weighted by molar-refractivity contribution is -0.130. The summed E-state index contributed by atoms with van der Waals surface area (Å²) in [6, 6.07) is 5.45. The zero-order chi connectivity index (χ0) is 15.3. The number of esters is 1. The highest BCUT2D eigenvalue weighted by Crippen LogP contribution is 2.27. The van der Waals surface area contributed by atoms with E-state index >= 15 is 0 Å². The topological polar surface area (TPSA) is 95.0 Å². The average Bonchev–Trinajstić information content (AvgIpc) is 3.02. The van der Waals surface area contributed by atoms with Gasteiger partial charge >= 0.3 is 5.97 Å². The maximum Gasteiger partial charge on any atom is 0.355 e. The summed E-state index contributed by atoms with van der Waals surface area (Å²) in [7, 11) is 0. The molecule has 1 aromatic heterocycles. The van der Waals surface area contributed by atoms with Crippen molar-refractivity contribution in [1.82, 2.24) is 10.3 Å². The molecule has 0 saturated heterocycles. The van der Waals surface area contributed by atoms with Crippen LogP contribution in [0.1, 0.15) is 49.5 Å². The molecule has 1 fully saturated rings. The molecule has 0 bridgehead atoms. The number of H-pyrrole nitrogens is 1. The highest BCUT2D eigenvalue weighted by molar-refractivity contribution is 5.90. The molecule has 0 radical (unpaired) electrons. The first kappa shape index (κ1) is 15.1. The SMILES string of the molecule is C[C@@H](OC(=O)c1ccc[nH]1)C(=O)NC1(C#N)CCCCC1. The van der Waals surface area contributed by atoms with Crippen molar-refractivity contribution in [3.05, 3.63) is 24.0 Å². The second-order valence-electron chi connectivity index (χ2n) is 5.38. The summed E-state index contributed by atoms with van der Waals surface area (Å²) in [5.41, 5.74) is -0.523. The summed E-state index contributed by atoms with van der Waals surface area (Å²) in [6.45, 7) is 1.50. The zero-order valence-corrected chi connectivity index (χ0v) is 12.0. The maximum atomic E-state index is 12.1. The van der Waals surface area contributed by atoms with Gasteiger partial charge in [-0.05, 0) is 31.9 Å². The Morgan fingerprint density at radius 3 is 2.71 bits per heavy atom. The fraction of sp³-hybridized carbons (Fsp3) is 0.533. The first-order valence-corrected chi connectivity index (χ1v) is 7.14. The minimum Gasteiger partial charge on any atom is -0.448 e. The van der Waals surface area contributed by atoms with Crippen LogP contribution in [0.2, 0.25) is 0 Å². The minimum absolute atomic E-state index is 0.294. The van der Waals surface area contributed by atoms with E-state index in [9.17, 15) is 14.9 Å². The second kappa shape index (κ2) is 6.44. The Kier molecular flexibility index (Phi) is 4.63. The number of carbonyl (C=O) groups is 2. The number of nitriles is 1. The Bertz CT molecular complexity index is 539. The molecule has 6 nitrogen and oxygen atoms in total. The molecule has 1 heterocycles. The van der Waals surface area contributed by atoms with Crippen molar-refractivity contribution in [3.8, 4) is 6.07 Å². The molecule has 6 heteroatoms. The highest BCUT2D eigenvalue weighted by atomic mass is 16.5. The van der Waals surface area contributed by atoms with Gasteiger partial charge in [0.15, 0.2) is 6.10 Å². The number of hydrogen-bond acceptors (Lipinski definition) is 4. The molecular formula is C15H19N3O3. The third-order valence-electron chi connectivity index (χ3n) is 3.75. The summed E-state index contributed by atoms with van der Waals surface area (Å²) in [6.07, 6.45) is 4.88. The normalized spacial score (nSPS) is 18.3. The summed E-state index contributed by atoms with van der Waals surface area (Å²) in [5.74, 6) is -1.02. The Labute approximate surface area is 123 Å². The lowest BCUT2D eigenvalue weighted by Gasteiger charge is -2.32. The van der Waals surface area contributed by atoms with Crippen LogP contribution in [0.3, 0.4) is 0 Å². The number of hydrogen-bond donors (Lipinski definition) is 2. The van der Waals surface area contributed by atoms with E-state index in [0.29, 0.717) is 18.5 Å². The Balaban J connectivity index is 1.93. The number of carbonyl (C=O) groups excluding carboxylic acids is 2. The van der Waals surface area contributed by atoms with Crippen molar-refractivity contribution < 1.29 is 14.3 Å². The van der Waals surface area contributed by atoms with Gasteiger partial charge in [0.25, 0.3) is 5.91 Å². The molecule has 21 heavy (non-hydrogen) atoms. The van der Waals surface area contributed by atoms with Gasteiger partial charge < -0.3 is 15.0 Å². The minimum atomic E-state index is -0.937. The smallest absolute Gasteiger partial charge is 0.355 e. The largest absolute Gasteiger partial charge is 0.448 e. The lowest BCUT2D eigenvalue weighted by atomic mass is 9.83. The van der Waals surface area contributed by atoms with Crippen LogP contribution in [0.5, 0.6) is 0 Å². The molecular weight excluding hydrogens is 270 g/mol. The van der Waals surface area contributed by atoms with E-state index in [1.165, 1.54) is 6.92 Å². The molecule has 0 aromatic carbocycles. The molecule has 0 spiro atoms. The number of nitrogens with zero attached hydrogens (tertiary/aromatic N) is 1. The van der Waals surface area contributed by atoms with Crippen LogP contribution in [0, 0.1) is 11.3 Å². The van der Waals surface area contributed by atoms with E-state index in [1.807, 2.05) is 0 Å². The Morgan fingerprint density at radius 1 is 1.43 bits per heavy atom. The number of nitrogens with one attached hydrogen (secondary N) is 2. The first-order chi connectivity index (χ1) is 10.1. The van der Waals surface area contributed by atoms with Gasteiger partial charge in [-0.1, -0.05) is 19.3 Å². The van der Waals surface area contributed by atoms with Gasteiger partial charge in [-0.3, -0.25) is 4.79 Å². The van der Waals surface area contributed by atoms with Crippen LogP contribution in [-0.2, 0) is 9.53 Å². The van der Waals surface area contributed by atoms with Gasteiger partial charge in [0.05, 0.1) is 6.07 Å². The predicted octanol–water partition coefficient (Wildman–Crippen LogP) is 1.90. The van der Waals surface area contributed by atoms with Gasteiger partial charge in [-0.25, -0.2) is 4.79 Å². The van der Waals surface area contributed by atoms with Crippen LogP contribution in [-0.4, -0.2) is 28.5 Å². The molecule has 1 aliphatic carbocycles. The summed E-state index contributed by atoms with van der Waals surface area (Å²) in [5, 5.41) is 12.1. The fourth-order valence-corrected chi connectivity index (χ4v) is 2.49. The maximum absolute atomic E-state index is 12.1. The van der Waals surface area contributed by atoms with Crippen LogP contribution in [0.25, 0.3) is 0 Å². The van der Waals surface area contributed by atoms with Crippen LogP contribution < -0.4 is 5.32 Å². The molecule has 1 aliphatic rings. The standard InChI is InChI=1S/C15H19N3O3/c1-11(21-14(20)12-6-5-9-17-12)13(19)18-15(10-16)7-3-2-4-8-15/h5-6,9,11,17H,2-4,7-8H2,1H3,(H,18,19)/t11-/m1/s1. The number of aromatic amines is 1. The van der Waals surface area contributed by atoms with Crippen molar-refractivity contribution in [2.45, 2.75) is 50.7 Å². The number of aromatic nitrogens is 1. The van der Waals surface area contributed by atoms with Gasteiger partial charge in [0.1, 0.15) is 11.2 Å². The van der Waals surface area contributed by atoms with Gasteiger partial charge in [0.2, 0.25) is 0 Å². The number of rotatable bonds is 4. The van der Waals surface area contributed by atoms with Crippen LogP contribution in [0.15, 0.2) is 18.3 Å². The van der Waals surface area contributed by atoms with Crippen LogP contribution in [0.4, 0.5) is 0 Å². The molecule has 2 rings (SSSR count). The van der Waals surface area contributed by atoms with Crippen molar-refractivity contribution >= 4 is 11.9 Å². The van der Waals surface area contributed by atoms with E-state index in [4.69, 9.17) is 4.74 Å². The molecule has 1 aromatic rings. The highest BCUT2D eigenvalue weighted by Gasteiger charge is 2.35. The van der Waals surface area contributed by atoms with Gasteiger partial charge in [0, 0.05) is 6.20 Å². The van der Waals surface area contributed by atoms with Crippen molar-refractivity contribution in [2.75, 3.05) is 0 Å². The third kappa shape index (κ3) is 3.63. The van der Waals surface area contributed by atoms with E-state index in [2.05, 4.69) is 16.4 Å². The van der Waals surface area contributed by atoms with E-state index in [1.54, 1.807) is 18.3 Å². The average molecular weight is 289 g/mol. The van der Waals surface area contributed by atoms with Crippen LogP contribution >= 0.6 is 0 Å². The monoisotopic (exact) mass is 289 g/mol. The van der Waals surface area contributed by atoms with Crippen molar-refractivity contribution in [2.24, 2.45) is 0 Å². The predicted molar refractivity (Wildman–Crippen MR) is 75.2 cm³/mol. The fourth-order valence-electron chi connectivity index (χ4n) is 2.49. The second-order valence-corrected chi connectivity index (χ2v) is 5.38. The Morgan fingerprint density at radius 2 is 2.14 bits per heavy atom. The molecule has 1 atom stereocenters. The lowest BCUT2D eigenvalue weighted by Crippen LogP contribution is -2.52. The quantitative estimate of drug-likeness (QED) is 0.828. The summed E-state index contributed by atoms with van der Waals surface area (Å²) >= 11 is 0. The zero-order valence-electron chi connectivity index (χ0n) is 12.0. The number of amides is 1. The van der Waals surface area contributed by atoms with Gasteiger partial charge in [-0.15, -0.1) is 0 Å². The van der Waals surface area contributed by atoms with Crippen molar-refractivity contribution in [1.29, 1.82) is 5.26 Å². The van der Waals surface area contributed by atoms with E-state index in [-0.39, 0.29) is 0 Å². The molecule has 1 amide bonds. The van der Waals surface area contributed by atoms with Crippen molar-refractivity contribution in [3.63, 3.8) is 0 Å². The molecule has 0 unspecified atom stereocenters. The molecule has 112 valence electrons. The van der Waals surface area contributed by atoms with E-state index in [0.717, 1.165) is 19.3 Å². The summed E-state index contributed by atoms with van der Waals surface area (Å²) in [4.78, 5) is 26.6.